The van der Waals surface area contributed by atoms with Crippen LogP contribution >= 0.6 is 0 Å². The van der Waals surface area contributed by atoms with Gasteiger partial charge in [-0.05, 0) is 25.7 Å². The van der Waals surface area contributed by atoms with E-state index in [9.17, 15) is 13.2 Å². The lowest BCUT2D eigenvalue weighted by atomic mass is 10.3. The second-order valence-electron chi connectivity index (χ2n) is 3.63. The molecule has 0 saturated heterocycles. The van der Waals surface area contributed by atoms with Crippen molar-refractivity contribution < 1.29 is 17.9 Å². The number of carbonyl (C=O) groups is 1. The first kappa shape index (κ1) is 12.1. The Hall–Kier alpha value is -1.02. The fraction of sp³-hybridized carbons (Fsp3) is 0.700. The van der Waals surface area contributed by atoms with Gasteiger partial charge in [-0.1, -0.05) is 5.92 Å². The molecule has 1 rings (SSSR count). The van der Waals surface area contributed by atoms with Crippen LogP contribution in [0.1, 0.15) is 25.7 Å². The quantitative estimate of drug-likeness (QED) is 0.522. The van der Waals surface area contributed by atoms with Crippen molar-refractivity contribution in [3.05, 3.63) is 0 Å². The van der Waals surface area contributed by atoms with E-state index in [1.165, 1.54) is 0 Å². The van der Waals surface area contributed by atoms with Crippen LogP contribution in [0.3, 0.4) is 0 Å². The van der Waals surface area contributed by atoms with Crippen molar-refractivity contribution in [3.63, 3.8) is 0 Å². The van der Waals surface area contributed by atoms with Crippen LogP contribution in [-0.4, -0.2) is 32.0 Å². The Morgan fingerprint density at radius 3 is 2.53 bits per heavy atom. The number of rotatable bonds is 4. The Kier molecular flexibility index (Phi) is 4.15. The van der Waals surface area contributed by atoms with Crippen LogP contribution in [0.25, 0.3) is 0 Å². The largest absolute Gasteiger partial charge is 0.462 e. The minimum absolute atomic E-state index is 0.0986. The number of ether oxygens (including phenoxy) is 1. The molecule has 0 aromatic heterocycles. The second kappa shape index (κ2) is 5.17. The molecule has 84 valence electrons. The summed E-state index contributed by atoms with van der Waals surface area (Å²) in [4.78, 5) is 11.2. The number of hydrogen-bond donors (Lipinski definition) is 0. The maximum atomic E-state index is 11.2. The van der Waals surface area contributed by atoms with E-state index in [0.29, 0.717) is 0 Å². The maximum Gasteiger partial charge on any atom is 0.321 e. The number of hydrogen-bond acceptors (Lipinski definition) is 4. The molecule has 0 radical (unpaired) electrons. The third kappa shape index (κ3) is 4.34. The number of terminal acetylenes is 1. The smallest absolute Gasteiger partial charge is 0.321 e. The lowest BCUT2D eigenvalue weighted by molar-refractivity contribution is -0.145. The predicted molar refractivity (Wildman–Crippen MR) is 55.8 cm³/mol. The molecule has 0 bridgehead atoms. The van der Waals surface area contributed by atoms with Crippen molar-refractivity contribution in [1.29, 1.82) is 0 Å². The van der Waals surface area contributed by atoms with Gasteiger partial charge in [-0.3, -0.25) is 4.79 Å². The Balaban J connectivity index is 2.39. The Morgan fingerprint density at radius 1 is 1.40 bits per heavy atom. The van der Waals surface area contributed by atoms with Gasteiger partial charge in [-0.15, -0.1) is 6.42 Å². The Morgan fingerprint density at radius 2 is 2.00 bits per heavy atom. The summed E-state index contributed by atoms with van der Waals surface area (Å²) in [5.74, 6) is 0.315. The van der Waals surface area contributed by atoms with Crippen LogP contribution in [0.15, 0.2) is 0 Å². The average Bonchev–Trinajstić information content (AvgIpc) is 2.54. The molecule has 0 unspecified atom stereocenters. The lowest BCUT2D eigenvalue weighted by Gasteiger charge is -2.10. The summed E-state index contributed by atoms with van der Waals surface area (Å²) in [7, 11) is -3.48. The molecule has 0 atom stereocenters. The topological polar surface area (TPSA) is 60.4 Å². The van der Waals surface area contributed by atoms with E-state index in [1.807, 2.05) is 5.92 Å². The van der Waals surface area contributed by atoms with Crippen molar-refractivity contribution in [3.8, 4) is 12.3 Å². The summed E-state index contributed by atoms with van der Waals surface area (Å²) in [6.07, 6.45) is 8.52. The van der Waals surface area contributed by atoms with E-state index < -0.39 is 27.3 Å². The minimum Gasteiger partial charge on any atom is -0.462 e. The van der Waals surface area contributed by atoms with E-state index in [-0.39, 0.29) is 6.10 Å². The van der Waals surface area contributed by atoms with Crippen LogP contribution in [0.2, 0.25) is 0 Å². The highest BCUT2D eigenvalue weighted by Crippen LogP contribution is 2.21. The number of esters is 1. The van der Waals surface area contributed by atoms with Gasteiger partial charge >= 0.3 is 5.97 Å². The van der Waals surface area contributed by atoms with Gasteiger partial charge in [0.2, 0.25) is 0 Å². The highest BCUT2D eigenvalue weighted by Gasteiger charge is 2.22. The second-order valence-corrected chi connectivity index (χ2v) is 5.70. The van der Waals surface area contributed by atoms with E-state index in [0.717, 1.165) is 25.7 Å². The van der Waals surface area contributed by atoms with Crippen molar-refractivity contribution >= 4 is 15.8 Å². The SMILES string of the molecule is C#CCS(=O)(=O)CC(=O)OC1CCCC1. The summed E-state index contributed by atoms with van der Waals surface area (Å²) < 4.78 is 27.3. The van der Waals surface area contributed by atoms with Gasteiger partial charge < -0.3 is 4.74 Å². The molecule has 0 spiro atoms. The zero-order valence-electron chi connectivity index (χ0n) is 8.44. The molecule has 1 saturated carbocycles. The van der Waals surface area contributed by atoms with E-state index in [4.69, 9.17) is 11.2 Å². The monoisotopic (exact) mass is 230 g/mol. The maximum absolute atomic E-state index is 11.2. The minimum atomic E-state index is -3.48. The Labute approximate surface area is 89.9 Å². The first-order chi connectivity index (χ1) is 7.03. The Bertz CT molecular complexity index is 357. The van der Waals surface area contributed by atoms with Crippen LogP contribution in [0.5, 0.6) is 0 Å². The van der Waals surface area contributed by atoms with E-state index in [2.05, 4.69) is 0 Å². The van der Waals surface area contributed by atoms with Gasteiger partial charge in [0, 0.05) is 0 Å². The molecule has 0 aromatic rings. The van der Waals surface area contributed by atoms with Crippen molar-refractivity contribution in [2.24, 2.45) is 0 Å². The molecule has 0 heterocycles. The highest BCUT2D eigenvalue weighted by molar-refractivity contribution is 7.92. The normalized spacial score (nSPS) is 17.3. The molecule has 0 N–H and O–H groups in total. The van der Waals surface area contributed by atoms with Crippen LogP contribution in [-0.2, 0) is 19.4 Å². The predicted octanol–water partition coefficient (Wildman–Crippen LogP) is 0.520. The molecule has 0 aliphatic heterocycles. The fourth-order valence-electron chi connectivity index (χ4n) is 1.58. The molecular formula is C10H14O4S. The van der Waals surface area contributed by atoms with Crippen molar-refractivity contribution in [1.82, 2.24) is 0 Å². The molecule has 4 nitrogen and oxygen atoms in total. The zero-order valence-corrected chi connectivity index (χ0v) is 9.26. The van der Waals surface area contributed by atoms with Crippen molar-refractivity contribution in [2.45, 2.75) is 31.8 Å². The summed E-state index contributed by atoms with van der Waals surface area (Å²) in [5.41, 5.74) is 0. The lowest BCUT2D eigenvalue weighted by Crippen LogP contribution is -2.24. The van der Waals surface area contributed by atoms with Crippen LogP contribution in [0.4, 0.5) is 0 Å². The number of sulfone groups is 1. The first-order valence-electron chi connectivity index (χ1n) is 4.87. The number of carbonyl (C=O) groups excluding carboxylic acids is 1. The molecule has 1 fully saturated rings. The summed E-state index contributed by atoms with van der Waals surface area (Å²) >= 11 is 0. The van der Waals surface area contributed by atoms with Gasteiger partial charge in [0.1, 0.15) is 17.6 Å². The first-order valence-corrected chi connectivity index (χ1v) is 6.69. The van der Waals surface area contributed by atoms with Crippen molar-refractivity contribution in [2.75, 3.05) is 11.5 Å². The average molecular weight is 230 g/mol. The molecule has 0 aromatic carbocycles. The summed E-state index contributed by atoms with van der Waals surface area (Å²) in [6.45, 7) is 0. The fourth-order valence-corrected chi connectivity index (χ4v) is 2.37. The molecule has 1 aliphatic rings. The molecule has 0 amide bonds. The summed E-state index contributed by atoms with van der Waals surface area (Å²) in [5, 5.41) is 0. The van der Waals surface area contributed by atoms with Gasteiger partial charge in [0.05, 0.1) is 0 Å². The molecule has 15 heavy (non-hydrogen) atoms. The van der Waals surface area contributed by atoms with E-state index >= 15 is 0 Å². The highest BCUT2D eigenvalue weighted by atomic mass is 32.2. The molecule has 1 aliphatic carbocycles. The third-order valence-electron chi connectivity index (χ3n) is 2.24. The third-order valence-corrected chi connectivity index (χ3v) is 3.52. The van der Waals surface area contributed by atoms with E-state index in [1.54, 1.807) is 0 Å². The van der Waals surface area contributed by atoms with Crippen LogP contribution in [0, 0.1) is 12.3 Å². The van der Waals surface area contributed by atoms with Gasteiger partial charge in [-0.2, -0.15) is 0 Å². The molecule has 5 heteroatoms. The van der Waals surface area contributed by atoms with Gasteiger partial charge in [0.15, 0.2) is 9.84 Å². The summed E-state index contributed by atoms with van der Waals surface area (Å²) in [6, 6.07) is 0. The van der Waals surface area contributed by atoms with Gasteiger partial charge in [0.25, 0.3) is 0 Å². The molecular weight excluding hydrogens is 216 g/mol. The zero-order chi connectivity index (χ0) is 11.3. The van der Waals surface area contributed by atoms with Gasteiger partial charge in [-0.25, -0.2) is 8.42 Å². The standard InChI is InChI=1S/C10H14O4S/c1-2-7-15(12,13)8-10(11)14-9-5-3-4-6-9/h1,9H,3-8H2. The van der Waals surface area contributed by atoms with Crippen LogP contribution < -0.4 is 0 Å².